The summed E-state index contributed by atoms with van der Waals surface area (Å²) in [6.45, 7) is 4.08. The second kappa shape index (κ2) is 11.2. The Kier molecular flexibility index (Phi) is 8.91. The number of thiophene rings is 1. The van der Waals surface area contributed by atoms with E-state index in [1.807, 2.05) is 24.6 Å². The Bertz CT molecular complexity index is 860. The average molecular weight is 510 g/mol. The Labute approximate surface area is 187 Å². The second-order valence-corrected chi connectivity index (χ2v) is 7.49. The van der Waals surface area contributed by atoms with Crippen molar-refractivity contribution in [1.82, 2.24) is 25.0 Å². The van der Waals surface area contributed by atoms with Crippen LogP contribution in [0.3, 0.4) is 0 Å². The van der Waals surface area contributed by atoms with Crippen molar-refractivity contribution in [2.45, 2.75) is 26.4 Å². The molecule has 0 aliphatic carbocycles. The highest BCUT2D eigenvalue weighted by Gasteiger charge is 2.09. The fourth-order valence-corrected chi connectivity index (χ4v) is 3.44. The van der Waals surface area contributed by atoms with E-state index in [1.54, 1.807) is 11.3 Å². The fraction of sp³-hybridized carbons (Fsp3) is 0.350. The van der Waals surface area contributed by atoms with Crippen LogP contribution in [0.15, 0.2) is 52.8 Å². The minimum Gasteiger partial charge on any atom is -0.356 e. The van der Waals surface area contributed by atoms with E-state index in [1.165, 1.54) is 10.4 Å². The highest BCUT2D eigenvalue weighted by atomic mass is 127. The number of aryl methyl sites for hydroxylation is 1. The van der Waals surface area contributed by atoms with Crippen LogP contribution < -0.4 is 5.32 Å². The first-order valence-corrected chi connectivity index (χ1v) is 9.92. The smallest absolute Gasteiger partial charge is 0.194 e. The van der Waals surface area contributed by atoms with E-state index in [9.17, 15) is 0 Å². The predicted molar refractivity (Wildman–Crippen MR) is 126 cm³/mol. The van der Waals surface area contributed by atoms with E-state index in [0.717, 1.165) is 37.1 Å². The maximum Gasteiger partial charge on any atom is 0.194 e. The lowest BCUT2D eigenvalue weighted by Gasteiger charge is -2.22. The molecule has 0 unspecified atom stereocenters. The Morgan fingerprint density at radius 2 is 1.96 bits per heavy atom. The predicted octanol–water partition coefficient (Wildman–Crippen LogP) is 3.62. The monoisotopic (exact) mass is 510 g/mol. The van der Waals surface area contributed by atoms with E-state index in [2.05, 4.69) is 69.2 Å². The molecule has 0 amide bonds. The van der Waals surface area contributed by atoms with Crippen LogP contribution in [0, 0.1) is 6.92 Å². The van der Waals surface area contributed by atoms with Crippen molar-refractivity contribution in [3.05, 3.63) is 69.9 Å². The zero-order valence-electron chi connectivity index (χ0n) is 16.5. The summed E-state index contributed by atoms with van der Waals surface area (Å²) in [7, 11) is 4.03. The molecule has 0 aliphatic rings. The molecule has 3 rings (SSSR count). The first kappa shape index (κ1) is 22.4. The number of halogens is 1. The lowest BCUT2D eigenvalue weighted by molar-refractivity contribution is 0.474. The number of hydrogen-bond donors (Lipinski definition) is 1. The molecule has 0 bridgehead atoms. The molecule has 0 saturated heterocycles. The molecule has 0 atom stereocenters. The summed E-state index contributed by atoms with van der Waals surface area (Å²) in [5, 5.41) is 13.9. The van der Waals surface area contributed by atoms with Crippen molar-refractivity contribution in [3.8, 4) is 0 Å². The summed E-state index contributed by atoms with van der Waals surface area (Å²) in [5.41, 5.74) is 1.25. The molecule has 0 fully saturated rings. The number of nitrogens with zero attached hydrogens (tertiary/aromatic N) is 5. The van der Waals surface area contributed by atoms with Gasteiger partial charge in [0.2, 0.25) is 0 Å². The zero-order chi connectivity index (χ0) is 19.1. The SMILES string of the molecule is Cc1nnc(CN=C(NCCc2cccs2)N(C)Cc2ccccc2)n1C.I. The molecular formula is C20H27IN6S. The van der Waals surface area contributed by atoms with Gasteiger partial charge in [-0.05, 0) is 30.4 Å². The quantitative estimate of drug-likeness (QED) is 0.300. The minimum absolute atomic E-state index is 0. The lowest BCUT2D eigenvalue weighted by atomic mass is 10.2. The van der Waals surface area contributed by atoms with Gasteiger partial charge in [-0.2, -0.15) is 0 Å². The Hall–Kier alpha value is -1.94. The summed E-state index contributed by atoms with van der Waals surface area (Å²) in [4.78, 5) is 8.31. The maximum atomic E-state index is 4.79. The van der Waals surface area contributed by atoms with Gasteiger partial charge >= 0.3 is 0 Å². The first-order chi connectivity index (χ1) is 13.1. The van der Waals surface area contributed by atoms with Gasteiger partial charge in [0.15, 0.2) is 11.8 Å². The summed E-state index contributed by atoms with van der Waals surface area (Å²) in [6.07, 6.45) is 0.985. The zero-order valence-corrected chi connectivity index (χ0v) is 19.6. The van der Waals surface area contributed by atoms with Gasteiger partial charge in [0.25, 0.3) is 0 Å². The third-order valence-electron chi connectivity index (χ3n) is 4.41. The maximum absolute atomic E-state index is 4.79. The lowest BCUT2D eigenvalue weighted by Crippen LogP contribution is -2.39. The van der Waals surface area contributed by atoms with Gasteiger partial charge in [0, 0.05) is 32.1 Å². The standard InChI is InChI=1S/C20H26N6S.HI/c1-16-23-24-19(26(16)3)14-22-20(21-12-11-18-10-7-13-27-18)25(2)15-17-8-5-4-6-9-17;/h4-10,13H,11-12,14-15H2,1-3H3,(H,21,22);1H. The minimum atomic E-state index is 0. The Balaban J connectivity index is 0.00000280. The molecule has 0 spiro atoms. The highest BCUT2D eigenvalue weighted by molar-refractivity contribution is 14.0. The highest BCUT2D eigenvalue weighted by Crippen LogP contribution is 2.09. The molecular weight excluding hydrogens is 483 g/mol. The molecule has 3 aromatic rings. The molecule has 0 aliphatic heterocycles. The molecule has 2 heterocycles. The molecule has 8 heteroatoms. The molecule has 1 N–H and O–H groups in total. The van der Waals surface area contributed by atoms with Gasteiger partial charge in [-0.15, -0.1) is 45.5 Å². The van der Waals surface area contributed by atoms with Crippen molar-refractivity contribution >= 4 is 41.3 Å². The van der Waals surface area contributed by atoms with Crippen molar-refractivity contribution in [2.24, 2.45) is 12.0 Å². The second-order valence-electron chi connectivity index (χ2n) is 6.46. The number of rotatable bonds is 7. The molecule has 6 nitrogen and oxygen atoms in total. The van der Waals surface area contributed by atoms with Gasteiger partial charge in [-0.25, -0.2) is 4.99 Å². The van der Waals surface area contributed by atoms with Crippen molar-refractivity contribution in [3.63, 3.8) is 0 Å². The topological polar surface area (TPSA) is 58.3 Å². The number of hydrogen-bond acceptors (Lipinski definition) is 4. The summed E-state index contributed by atoms with van der Waals surface area (Å²) in [5.74, 6) is 2.62. The van der Waals surface area contributed by atoms with Gasteiger partial charge in [0.1, 0.15) is 12.4 Å². The van der Waals surface area contributed by atoms with E-state index in [4.69, 9.17) is 4.99 Å². The van der Waals surface area contributed by atoms with Crippen molar-refractivity contribution in [2.75, 3.05) is 13.6 Å². The molecule has 28 heavy (non-hydrogen) atoms. The number of aliphatic imine (C=N–C) groups is 1. The van der Waals surface area contributed by atoms with Gasteiger partial charge in [0.05, 0.1) is 0 Å². The molecule has 0 saturated carbocycles. The molecule has 1 aromatic carbocycles. The van der Waals surface area contributed by atoms with Crippen molar-refractivity contribution < 1.29 is 0 Å². The van der Waals surface area contributed by atoms with Gasteiger partial charge in [-0.3, -0.25) is 0 Å². The van der Waals surface area contributed by atoms with E-state index < -0.39 is 0 Å². The van der Waals surface area contributed by atoms with E-state index >= 15 is 0 Å². The fourth-order valence-electron chi connectivity index (χ4n) is 2.73. The van der Waals surface area contributed by atoms with E-state index in [-0.39, 0.29) is 24.0 Å². The number of benzene rings is 1. The van der Waals surface area contributed by atoms with Crippen LogP contribution in [0.5, 0.6) is 0 Å². The van der Waals surface area contributed by atoms with Gasteiger partial charge in [-0.1, -0.05) is 36.4 Å². The normalized spacial score (nSPS) is 11.2. The van der Waals surface area contributed by atoms with Crippen LogP contribution in [0.4, 0.5) is 0 Å². The van der Waals surface area contributed by atoms with Gasteiger partial charge < -0.3 is 14.8 Å². The van der Waals surface area contributed by atoms with Crippen LogP contribution in [0.2, 0.25) is 0 Å². The van der Waals surface area contributed by atoms with Crippen LogP contribution in [0.1, 0.15) is 22.1 Å². The summed E-state index contributed by atoms with van der Waals surface area (Å²) in [6, 6.07) is 14.7. The Morgan fingerprint density at radius 1 is 1.18 bits per heavy atom. The Morgan fingerprint density at radius 3 is 2.61 bits per heavy atom. The molecule has 0 radical (unpaired) electrons. The third-order valence-corrected chi connectivity index (χ3v) is 5.35. The summed E-state index contributed by atoms with van der Waals surface area (Å²) >= 11 is 1.79. The molecule has 2 aromatic heterocycles. The number of aromatic nitrogens is 3. The number of nitrogens with one attached hydrogen (secondary N) is 1. The first-order valence-electron chi connectivity index (χ1n) is 9.04. The van der Waals surface area contributed by atoms with Crippen LogP contribution >= 0.6 is 35.3 Å². The third kappa shape index (κ3) is 6.30. The van der Waals surface area contributed by atoms with E-state index in [0.29, 0.717) is 6.54 Å². The summed E-state index contributed by atoms with van der Waals surface area (Å²) < 4.78 is 1.98. The van der Waals surface area contributed by atoms with Crippen LogP contribution in [-0.2, 0) is 26.6 Å². The van der Waals surface area contributed by atoms with Crippen LogP contribution in [-0.4, -0.2) is 39.2 Å². The largest absolute Gasteiger partial charge is 0.356 e. The average Bonchev–Trinajstić information content (AvgIpc) is 3.30. The molecule has 150 valence electrons. The van der Waals surface area contributed by atoms with Crippen LogP contribution in [0.25, 0.3) is 0 Å². The number of guanidine groups is 1. The van der Waals surface area contributed by atoms with Crippen molar-refractivity contribution in [1.29, 1.82) is 0 Å².